The van der Waals surface area contributed by atoms with Gasteiger partial charge in [0.1, 0.15) is 0 Å². The summed E-state index contributed by atoms with van der Waals surface area (Å²) < 4.78 is 18.9. The molecule has 0 saturated heterocycles. The summed E-state index contributed by atoms with van der Waals surface area (Å²) in [6, 6.07) is 5.49. The molecule has 1 heterocycles. The monoisotopic (exact) mass is 470 g/mol. The van der Waals surface area contributed by atoms with Gasteiger partial charge in [0.05, 0.1) is 24.7 Å². The van der Waals surface area contributed by atoms with Crippen LogP contribution in [0.25, 0.3) is 0 Å². The minimum atomic E-state index is -4.71. The van der Waals surface area contributed by atoms with E-state index in [9.17, 15) is 39.1 Å². The van der Waals surface area contributed by atoms with Crippen LogP contribution in [0.1, 0.15) is 18.1 Å². The number of nitro groups is 1. The Labute approximate surface area is 181 Å². The highest BCUT2D eigenvalue weighted by Crippen LogP contribution is 2.48. The number of nitro benzene ring substituents is 1. The Bertz CT molecular complexity index is 1140. The van der Waals surface area contributed by atoms with E-state index in [0.29, 0.717) is 5.56 Å². The Morgan fingerprint density at radius 1 is 1.34 bits per heavy atom. The number of H-pyrrole nitrogens is 1. The summed E-state index contributed by atoms with van der Waals surface area (Å²) in [4.78, 5) is 58.9. The number of ketones is 1. The van der Waals surface area contributed by atoms with Crippen molar-refractivity contribution in [1.29, 1.82) is 0 Å². The van der Waals surface area contributed by atoms with Gasteiger partial charge in [-0.1, -0.05) is 12.1 Å². The summed E-state index contributed by atoms with van der Waals surface area (Å²) in [6.45, 7) is 1.17. The molecule has 3 N–H and O–H groups in total. The Balaban J connectivity index is 2.27. The molecule has 2 aromatic rings. The average Bonchev–Trinajstić information content (AvgIpc) is 2.70. The molecule has 0 radical (unpaired) electrons. The molecule has 13 nitrogen and oxygen atoms in total. The molecule has 2 rings (SSSR count). The number of rotatable bonds is 11. The predicted octanol–water partition coefficient (Wildman–Crippen LogP) is 0.0433. The van der Waals surface area contributed by atoms with Crippen molar-refractivity contribution in [3.8, 4) is 0 Å². The van der Waals surface area contributed by atoms with Crippen molar-refractivity contribution < 1.29 is 28.8 Å². The summed E-state index contributed by atoms with van der Waals surface area (Å²) in [5.41, 5.74) is -1.05. The van der Waals surface area contributed by atoms with Crippen LogP contribution < -0.4 is 16.3 Å². The van der Waals surface area contributed by atoms with Crippen molar-refractivity contribution in [1.82, 2.24) is 9.66 Å². The van der Waals surface area contributed by atoms with Crippen LogP contribution in [-0.4, -0.2) is 55.9 Å². The van der Waals surface area contributed by atoms with Gasteiger partial charge in [-0.3, -0.25) is 34.3 Å². The van der Waals surface area contributed by atoms with Gasteiger partial charge < -0.3 is 14.5 Å². The van der Waals surface area contributed by atoms with Gasteiger partial charge in [-0.05, 0) is 25.8 Å². The molecule has 2 atom stereocenters. The third kappa shape index (κ3) is 5.98. The number of aromatic amines is 1. The largest absolute Gasteiger partial charge is 0.394 e. The summed E-state index contributed by atoms with van der Waals surface area (Å²) >= 11 is 0. The number of nitrogens with zero attached hydrogens (tertiary/aromatic N) is 3. The van der Waals surface area contributed by atoms with Gasteiger partial charge >= 0.3 is 13.3 Å². The van der Waals surface area contributed by atoms with Gasteiger partial charge in [0.25, 0.3) is 11.2 Å². The lowest BCUT2D eigenvalue weighted by atomic mass is 10.1. The van der Waals surface area contributed by atoms with Crippen molar-refractivity contribution in [2.24, 2.45) is 0 Å². The molecule has 0 spiro atoms. The Morgan fingerprint density at radius 2 is 1.97 bits per heavy atom. The molecular formula is C18H23N4O9P. The molecule has 14 heteroatoms. The second-order valence-electron chi connectivity index (χ2n) is 6.86. The minimum absolute atomic E-state index is 0.0988. The average molecular weight is 470 g/mol. The molecule has 1 aromatic carbocycles. The third-order valence-corrected chi connectivity index (χ3v) is 6.28. The van der Waals surface area contributed by atoms with Gasteiger partial charge in [0.2, 0.25) is 5.78 Å². The zero-order valence-corrected chi connectivity index (χ0v) is 18.2. The Morgan fingerprint density at radius 3 is 2.50 bits per heavy atom. The highest BCUT2D eigenvalue weighted by molar-refractivity contribution is 7.54. The van der Waals surface area contributed by atoms with Crippen LogP contribution in [0.2, 0.25) is 0 Å². The van der Waals surface area contributed by atoms with E-state index in [1.807, 2.05) is 4.98 Å². The maximum Gasteiger partial charge on any atom is 0.359 e. The Hall–Kier alpha value is -3.12. The van der Waals surface area contributed by atoms with Crippen LogP contribution in [0.15, 0.2) is 40.1 Å². The van der Waals surface area contributed by atoms with Gasteiger partial charge in [0, 0.05) is 23.9 Å². The lowest BCUT2D eigenvalue weighted by Crippen LogP contribution is -2.54. The molecule has 174 valence electrons. The first kappa shape index (κ1) is 25.1. The number of benzene rings is 1. The van der Waals surface area contributed by atoms with E-state index in [1.165, 1.54) is 31.2 Å². The lowest BCUT2D eigenvalue weighted by molar-refractivity contribution is -0.384. The highest BCUT2D eigenvalue weighted by Gasteiger charge is 2.42. The minimum Gasteiger partial charge on any atom is -0.394 e. The number of aromatic nitrogens is 2. The van der Waals surface area contributed by atoms with Crippen LogP contribution >= 0.6 is 7.60 Å². The lowest BCUT2D eigenvalue weighted by Gasteiger charge is -2.34. The molecule has 1 aromatic heterocycles. The number of carbonyl (C=O) groups excluding carboxylic acids is 1. The van der Waals surface area contributed by atoms with Gasteiger partial charge in [0.15, 0.2) is 5.78 Å². The van der Waals surface area contributed by atoms with Crippen LogP contribution in [0, 0.1) is 17.0 Å². The second kappa shape index (κ2) is 10.5. The maximum atomic E-state index is 13.0. The zero-order valence-electron chi connectivity index (χ0n) is 17.3. The predicted molar refractivity (Wildman–Crippen MR) is 113 cm³/mol. The van der Waals surface area contributed by atoms with Crippen LogP contribution in [-0.2, 0) is 20.3 Å². The number of hydrogen-bond donors (Lipinski definition) is 3. The van der Waals surface area contributed by atoms with E-state index in [-0.39, 0.29) is 30.8 Å². The van der Waals surface area contributed by atoms with E-state index < -0.39 is 41.9 Å². The molecule has 0 bridgehead atoms. The first-order chi connectivity index (χ1) is 15.0. The molecule has 2 unspecified atom stereocenters. The SMILES string of the molecule is CC(=O)C(N(CCO)n1cc(C)c(=O)[nH]c1=O)P(=O)(O)OCCc1ccc([N+](=O)[O-])cc1. The number of nitrogens with one attached hydrogen (secondary N) is 1. The molecule has 0 aliphatic heterocycles. The molecular weight excluding hydrogens is 447 g/mol. The number of non-ortho nitro benzene ring substituents is 1. The molecule has 0 fully saturated rings. The smallest absolute Gasteiger partial charge is 0.359 e. The summed E-state index contributed by atoms with van der Waals surface area (Å²) in [5, 5.41) is 21.0. The fraction of sp³-hybridized carbons (Fsp3) is 0.389. The standard InChI is InChI=1S/C18H23N4O9P/c1-12-11-21(18(26)19-16(12)25)20(8-9-23)17(13(2)24)32(29,30)31-10-7-14-3-5-15(6-4-14)22(27)28/h3-6,11,17,23H,7-10H2,1-2H3,(H,29,30)(H,19,25,26). The highest BCUT2D eigenvalue weighted by atomic mass is 31.2. The number of Topliss-reactive ketones (excluding diaryl/α,β-unsaturated/α-hetero) is 1. The van der Waals surface area contributed by atoms with Crippen molar-refractivity contribution in [2.45, 2.75) is 26.1 Å². The van der Waals surface area contributed by atoms with E-state index in [2.05, 4.69) is 0 Å². The first-order valence-electron chi connectivity index (χ1n) is 9.39. The van der Waals surface area contributed by atoms with E-state index in [4.69, 9.17) is 4.52 Å². The number of aliphatic hydroxyl groups is 1. The third-order valence-electron chi connectivity index (χ3n) is 4.48. The summed E-state index contributed by atoms with van der Waals surface area (Å²) in [6.07, 6.45) is 1.20. The molecule has 32 heavy (non-hydrogen) atoms. The van der Waals surface area contributed by atoms with Gasteiger partial charge in [-0.2, -0.15) is 0 Å². The van der Waals surface area contributed by atoms with Gasteiger partial charge in [-0.15, -0.1) is 0 Å². The van der Waals surface area contributed by atoms with E-state index in [0.717, 1.165) is 22.8 Å². The maximum absolute atomic E-state index is 13.0. The second-order valence-corrected chi connectivity index (χ2v) is 8.73. The normalized spacial score (nSPS) is 13.9. The van der Waals surface area contributed by atoms with Crippen LogP contribution in [0.3, 0.4) is 0 Å². The van der Waals surface area contributed by atoms with E-state index in [1.54, 1.807) is 0 Å². The van der Waals surface area contributed by atoms with Crippen LogP contribution in [0.5, 0.6) is 0 Å². The van der Waals surface area contributed by atoms with Crippen molar-refractivity contribution in [3.63, 3.8) is 0 Å². The molecule has 0 aliphatic rings. The van der Waals surface area contributed by atoms with Gasteiger partial charge in [-0.25, -0.2) is 9.47 Å². The first-order valence-corrected chi connectivity index (χ1v) is 11.0. The summed E-state index contributed by atoms with van der Waals surface area (Å²) in [5.74, 6) is -2.65. The topological polar surface area (TPSA) is 185 Å². The summed E-state index contributed by atoms with van der Waals surface area (Å²) in [7, 11) is -4.71. The molecule has 0 saturated carbocycles. The van der Waals surface area contributed by atoms with Crippen LogP contribution in [0.4, 0.5) is 5.69 Å². The number of carbonyl (C=O) groups is 1. The fourth-order valence-electron chi connectivity index (χ4n) is 2.95. The zero-order chi connectivity index (χ0) is 24.1. The quantitative estimate of drug-likeness (QED) is 0.230. The fourth-order valence-corrected chi connectivity index (χ4v) is 4.47. The molecule has 0 amide bonds. The van der Waals surface area contributed by atoms with Crippen molar-refractivity contribution in [3.05, 3.63) is 72.5 Å². The van der Waals surface area contributed by atoms with Crippen molar-refractivity contribution in [2.75, 3.05) is 24.8 Å². The van der Waals surface area contributed by atoms with Crippen molar-refractivity contribution >= 4 is 19.1 Å². The number of hydrogen-bond acceptors (Lipinski definition) is 9. The number of aliphatic hydroxyl groups excluding tert-OH is 1. The number of aryl methyl sites for hydroxylation is 1. The van der Waals surface area contributed by atoms with E-state index >= 15 is 0 Å². The molecule has 0 aliphatic carbocycles. The Kier molecular flexibility index (Phi) is 8.22.